The third-order valence-corrected chi connectivity index (χ3v) is 2.74. The van der Waals surface area contributed by atoms with Gasteiger partial charge in [-0.2, -0.15) is 0 Å². The van der Waals surface area contributed by atoms with Gasteiger partial charge in [-0.25, -0.2) is 4.79 Å². The van der Waals surface area contributed by atoms with Crippen LogP contribution in [0.25, 0.3) is 17.2 Å². The van der Waals surface area contributed by atoms with Crippen LogP contribution in [0.4, 0.5) is 0 Å². The Hall–Kier alpha value is -2.75. The largest absolute Gasteiger partial charge is 0.516 e. The van der Waals surface area contributed by atoms with Crippen LogP contribution in [0.2, 0.25) is 0 Å². The molecule has 4 nitrogen and oxygen atoms in total. The average Bonchev–Trinajstić information content (AvgIpc) is 2.39. The topological polar surface area (TPSA) is 77.8 Å². The molecule has 3 N–H and O–H groups in total. The lowest BCUT2D eigenvalue weighted by atomic mass is 9.99. The molecule has 0 aliphatic carbocycles. The maximum Gasteiger partial charge on any atom is 0.336 e. The number of phenolic OH excluding ortho intramolecular Hbond substituents is 1. The molecule has 4 heteroatoms. The first-order valence-electron chi connectivity index (χ1n) is 5.59. The fourth-order valence-electron chi connectivity index (χ4n) is 1.81. The van der Waals surface area contributed by atoms with Gasteiger partial charge < -0.3 is 15.3 Å². The number of carboxylic acid groups (broad SMARTS) is 1. The number of aromatic carboxylic acids is 1. The van der Waals surface area contributed by atoms with Crippen LogP contribution in [0.1, 0.15) is 15.9 Å². The quantitative estimate of drug-likeness (QED) is 0.736. The van der Waals surface area contributed by atoms with Gasteiger partial charge in [0.25, 0.3) is 0 Å². The molecule has 0 amide bonds. The van der Waals surface area contributed by atoms with E-state index in [0.29, 0.717) is 5.56 Å². The number of hydrogen-bond acceptors (Lipinski definition) is 3. The van der Waals surface area contributed by atoms with E-state index in [-0.39, 0.29) is 11.3 Å². The van der Waals surface area contributed by atoms with Crippen LogP contribution >= 0.6 is 0 Å². The first-order chi connectivity index (χ1) is 9.11. The predicted molar refractivity (Wildman–Crippen MR) is 72.2 cm³/mol. The van der Waals surface area contributed by atoms with Crippen LogP contribution in [-0.2, 0) is 0 Å². The number of aliphatic hydroxyl groups excluding tert-OH is 1. The smallest absolute Gasteiger partial charge is 0.336 e. The third kappa shape index (κ3) is 2.74. The van der Waals surface area contributed by atoms with Gasteiger partial charge in [0.05, 0.1) is 11.8 Å². The minimum atomic E-state index is -1.05. The van der Waals surface area contributed by atoms with Crippen LogP contribution in [0, 0.1) is 0 Å². The minimum Gasteiger partial charge on any atom is -0.516 e. The average molecular weight is 256 g/mol. The molecule has 0 saturated heterocycles. The molecular weight excluding hydrogens is 244 g/mol. The summed E-state index contributed by atoms with van der Waals surface area (Å²) in [6.45, 7) is 0. The molecule has 0 atom stereocenters. The molecule has 0 saturated carbocycles. The summed E-state index contributed by atoms with van der Waals surface area (Å²) in [5.41, 5.74) is 2.19. The van der Waals surface area contributed by atoms with E-state index in [0.717, 1.165) is 17.4 Å². The van der Waals surface area contributed by atoms with E-state index in [1.54, 1.807) is 36.4 Å². The Morgan fingerprint density at radius 1 is 1.00 bits per heavy atom. The molecule has 0 heterocycles. The summed E-state index contributed by atoms with van der Waals surface area (Å²) in [4.78, 5) is 11.0. The monoisotopic (exact) mass is 256 g/mol. The van der Waals surface area contributed by atoms with E-state index in [4.69, 9.17) is 10.2 Å². The third-order valence-electron chi connectivity index (χ3n) is 2.74. The van der Waals surface area contributed by atoms with Gasteiger partial charge in [0.2, 0.25) is 0 Å². The van der Waals surface area contributed by atoms with E-state index < -0.39 is 5.97 Å². The number of aromatic hydroxyl groups is 1. The van der Waals surface area contributed by atoms with Crippen molar-refractivity contribution in [3.05, 3.63) is 59.9 Å². The Bertz CT molecular complexity index is 627. The number of hydrogen-bond donors (Lipinski definition) is 3. The summed E-state index contributed by atoms with van der Waals surface area (Å²) in [6.07, 6.45) is 2.13. The van der Waals surface area contributed by atoms with E-state index >= 15 is 0 Å². The number of carboxylic acids is 1. The first-order valence-corrected chi connectivity index (χ1v) is 5.59. The van der Waals surface area contributed by atoms with Crippen molar-refractivity contribution < 1.29 is 20.1 Å². The summed E-state index contributed by atoms with van der Waals surface area (Å²) in [7, 11) is 0. The van der Waals surface area contributed by atoms with Crippen molar-refractivity contribution in [2.75, 3.05) is 0 Å². The zero-order valence-electron chi connectivity index (χ0n) is 9.95. The van der Waals surface area contributed by atoms with Gasteiger partial charge >= 0.3 is 5.97 Å². The summed E-state index contributed by atoms with van der Waals surface area (Å²) in [6, 6.07) is 11.4. The summed E-state index contributed by atoms with van der Waals surface area (Å²) in [5, 5.41) is 27.1. The molecule has 96 valence electrons. The highest BCUT2D eigenvalue weighted by Crippen LogP contribution is 2.25. The Balaban J connectivity index is 2.51. The lowest BCUT2D eigenvalue weighted by Gasteiger charge is -2.06. The van der Waals surface area contributed by atoms with E-state index in [1.165, 1.54) is 12.1 Å². The number of phenols is 1. The van der Waals surface area contributed by atoms with Crippen LogP contribution in [-0.4, -0.2) is 21.3 Å². The number of rotatable bonds is 3. The van der Waals surface area contributed by atoms with Gasteiger partial charge in [-0.15, -0.1) is 0 Å². The highest BCUT2D eigenvalue weighted by atomic mass is 16.4. The molecule has 0 aromatic heterocycles. The lowest BCUT2D eigenvalue weighted by Crippen LogP contribution is -1.99. The molecule has 19 heavy (non-hydrogen) atoms. The van der Waals surface area contributed by atoms with Gasteiger partial charge in [-0.3, -0.25) is 0 Å². The lowest BCUT2D eigenvalue weighted by molar-refractivity contribution is 0.0696. The fourth-order valence-corrected chi connectivity index (χ4v) is 1.81. The Labute approximate surface area is 109 Å². The van der Waals surface area contributed by atoms with Gasteiger partial charge in [-0.05, 0) is 47.0 Å². The van der Waals surface area contributed by atoms with Gasteiger partial charge in [0.15, 0.2) is 0 Å². The number of carbonyl (C=O) groups is 1. The second kappa shape index (κ2) is 5.27. The van der Waals surface area contributed by atoms with Crippen molar-refractivity contribution in [1.82, 2.24) is 0 Å². The predicted octanol–water partition coefficient (Wildman–Crippen LogP) is 3.29. The molecule has 0 spiro atoms. The molecule has 2 aromatic carbocycles. The number of aliphatic hydroxyl groups is 1. The van der Waals surface area contributed by atoms with E-state index in [1.807, 2.05) is 0 Å². The SMILES string of the molecule is O=C(O)c1ccc(-c2ccc(O)cc2)cc1/C=C/O. The van der Waals surface area contributed by atoms with Crippen molar-refractivity contribution in [3.8, 4) is 16.9 Å². The van der Waals surface area contributed by atoms with E-state index in [2.05, 4.69) is 0 Å². The maximum atomic E-state index is 11.0. The minimum absolute atomic E-state index is 0.118. The normalized spacial score (nSPS) is 10.7. The Morgan fingerprint density at radius 2 is 1.63 bits per heavy atom. The maximum absolute atomic E-state index is 11.0. The molecule has 2 aromatic rings. The standard InChI is InChI=1S/C15H12O4/c16-8-7-12-9-11(3-6-14(12)15(18)19)10-1-4-13(17)5-2-10/h1-9,16-17H,(H,18,19)/b8-7+. The Morgan fingerprint density at radius 3 is 2.21 bits per heavy atom. The molecule has 0 aliphatic rings. The van der Waals surface area contributed by atoms with Crippen LogP contribution in [0.5, 0.6) is 5.75 Å². The zero-order valence-corrected chi connectivity index (χ0v) is 9.95. The molecule has 0 aliphatic heterocycles. The molecular formula is C15H12O4. The first kappa shape index (κ1) is 12.7. The summed E-state index contributed by atoms with van der Waals surface area (Å²) in [5.74, 6) is -0.883. The van der Waals surface area contributed by atoms with Crippen molar-refractivity contribution >= 4 is 12.0 Å². The van der Waals surface area contributed by atoms with E-state index in [9.17, 15) is 9.90 Å². The summed E-state index contributed by atoms with van der Waals surface area (Å²) < 4.78 is 0. The Kier molecular flexibility index (Phi) is 3.52. The molecule has 0 radical (unpaired) electrons. The van der Waals surface area contributed by atoms with Crippen LogP contribution < -0.4 is 0 Å². The molecule has 0 bridgehead atoms. The highest BCUT2D eigenvalue weighted by Gasteiger charge is 2.09. The van der Waals surface area contributed by atoms with Crippen LogP contribution in [0.3, 0.4) is 0 Å². The molecule has 0 unspecified atom stereocenters. The van der Waals surface area contributed by atoms with Crippen molar-refractivity contribution in [2.45, 2.75) is 0 Å². The number of benzene rings is 2. The fraction of sp³-hybridized carbons (Fsp3) is 0. The molecule has 0 fully saturated rings. The van der Waals surface area contributed by atoms with Gasteiger partial charge in [0, 0.05) is 0 Å². The highest BCUT2D eigenvalue weighted by molar-refractivity contribution is 5.93. The zero-order chi connectivity index (χ0) is 13.8. The second-order valence-electron chi connectivity index (χ2n) is 3.97. The van der Waals surface area contributed by atoms with Gasteiger partial charge in [-0.1, -0.05) is 18.2 Å². The summed E-state index contributed by atoms with van der Waals surface area (Å²) >= 11 is 0. The molecule has 2 rings (SSSR count). The van der Waals surface area contributed by atoms with Crippen molar-refractivity contribution in [1.29, 1.82) is 0 Å². The van der Waals surface area contributed by atoms with Crippen molar-refractivity contribution in [3.63, 3.8) is 0 Å². The van der Waals surface area contributed by atoms with Crippen LogP contribution in [0.15, 0.2) is 48.7 Å². The second-order valence-corrected chi connectivity index (χ2v) is 3.97. The van der Waals surface area contributed by atoms with Crippen molar-refractivity contribution in [2.24, 2.45) is 0 Å². The van der Waals surface area contributed by atoms with Gasteiger partial charge in [0.1, 0.15) is 5.75 Å².